The zero-order chi connectivity index (χ0) is 13.0. The van der Waals surface area contributed by atoms with E-state index in [1.165, 1.54) is 5.56 Å². The highest BCUT2D eigenvalue weighted by Crippen LogP contribution is 2.13. The second-order valence-electron chi connectivity index (χ2n) is 4.66. The van der Waals surface area contributed by atoms with Gasteiger partial charge in [0.25, 0.3) is 0 Å². The summed E-state index contributed by atoms with van der Waals surface area (Å²) in [7, 11) is 2.03. The molecule has 1 heterocycles. The van der Waals surface area contributed by atoms with Crippen molar-refractivity contribution in [3.05, 3.63) is 48.5 Å². The van der Waals surface area contributed by atoms with Gasteiger partial charge in [0.1, 0.15) is 18.9 Å². The van der Waals surface area contributed by atoms with Crippen LogP contribution in [-0.4, -0.2) is 11.1 Å². The molecular formula is C14H23Cl3N4. The molecule has 0 saturated carbocycles. The fourth-order valence-electron chi connectivity index (χ4n) is 1.95. The van der Waals surface area contributed by atoms with E-state index in [1.54, 1.807) is 0 Å². The molecule has 1 atom stereocenters. The first-order valence-corrected chi connectivity index (χ1v) is 6.25. The summed E-state index contributed by atoms with van der Waals surface area (Å²) in [4.78, 5) is 0. The molecule has 0 bridgehead atoms. The van der Waals surface area contributed by atoms with Gasteiger partial charge < -0.3 is 23.5 Å². The molecule has 1 aromatic carbocycles. The van der Waals surface area contributed by atoms with Gasteiger partial charge in [-0.3, -0.25) is 0 Å². The van der Waals surface area contributed by atoms with Gasteiger partial charge in [-0.15, -0.1) is 24.8 Å². The van der Waals surface area contributed by atoms with Gasteiger partial charge in [-0.05, 0) is 24.6 Å². The lowest BCUT2D eigenvalue weighted by Crippen LogP contribution is -3.00. The van der Waals surface area contributed by atoms with Crippen LogP contribution in [0.3, 0.4) is 0 Å². The van der Waals surface area contributed by atoms with Gasteiger partial charge in [0.2, 0.25) is 6.33 Å². The molecule has 0 saturated heterocycles. The molecule has 0 fully saturated rings. The number of aryl methyl sites for hydroxylation is 1. The molecule has 0 aliphatic heterocycles. The standard InChI is InChI=1S/C14H21N4.3ClH/c1-12(13-3-5-14(15)6-4-13)16-7-8-18-10-9-17(2)11-18;;;/h3-6,9-12,16H,7-8,15H2,1-2H3;3*1H/q+1;;;/p-1. The maximum atomic E-state index is 5.68. The minimum Gasteiger partial charge on any atom is -1.00 e. The van der Waals surface area contributed by atoms with Crippen molar-refractivity contribution in [3.8, 4) is 0 Å². The fraction of sp³-hybridized carbons (Fsp3) is 0.357. The van der Waals surface area contributed by atoms with Crippen LogP contribution < -0.4 is 28.0 Å². The lowest BCUT2D eigenvalue weighted by atomic mass is 10.1. The number of halogens is 3. The van der Waals surface area contributed by atoms with Crippen molar-refractivity contribution in [2.75, 3.05) is 12.3 Å². The number of nitrogens with two attached hydrogens (primary N) is 1. The summed E-state index contributed by atoms with van der Waals surface area (Å²) in [5.74, 6) is 0. The van der Waals surface area contributed by atoms with Crippen molar-refractivity contribution in [2.24, 2.45) is 7.05 Å². The largest absolute Gasteiger partial charge is 1.00 e. The highest BCUT2D eigenvalue weighted by molar-refractivity contribution is 5.85. The summed E-state index contributed by atoms with van der Waals surface area (Å²) < 4.78 is 4.21. The average molecular weight is 354 g/mol. The van der Waals surface area contributed by atoms with Crippen LogP contribution in [0.15, 0.2) is 43.0 Å². The Labute approximate surface area is 145 Å². The molecular weight excluding hydrogens is 331 g/mol. The molecule has 21 heavy (non-hydrogen) atoms. The van der Waals surface area contributed by atoms with Crippen molar-refractivity contribution in [1.29, 1.82) is 0 Å². The Morgan fingerprint density at radius 2 is 1.86 bits per heavy atom. The molecule has 4 nitrogen and oxygen atoms in total. The Kier molecular flexibility index (Phi) is 11.4. The zero-order valence-electron chi connectivity index (χ0n) is 12.2. The van der Waals surface area contributed by atoms with Crippen LogP contribution in [0.5, 0.6) is 0 Å². The maximum Gasteiger partial charge on any atom is 0.243 e. The number of rotatable bonds is 5. The number of hydrogen-bond acceptors (Lipinski definition) is 2. The van der Waals surface area contributed by atoms with E-state index >= 15 is 0 Å². The van der Waals surface area contributed by atoms with Gasteiger partial charge in [0, 0.05) is 18.3 Å². The van der Waals surface area contributed by atoms with Gasteiger partial charge in [0.15, 0.2) is 0 Å². The van der Waals surface area contributed by atoms with Crippen LogP contribution in [0, 0.1) is 0 Å². The Hall–Kier alpha value is -0.940. The van der Waals surface area contributed by atoms with E-state index in [-0.39, 0.29) is 37.2 Å². The number of nitrogens with one attached hydrogen (secondary N) is 1. The van der Waals surface area contributed by atoms with Crippen LogP contribution in [0.25, 0.3) is 0 Å². The van der Waals surface area contributed by atoms with Crippen LogP contribution >= 0.6 is 24.8 Å². The molecule has 0 aliphatic rings. The Morgan fingerprint density at radius 3 is 2.38 bits per heavy atom. The molecule has 7 heteroatoms. The van der Waals surface area contributed by atoms with E-state index in [4.69, 9.17) is 5.73 Å². The molecule has 0 radical (unpaired) electrons. The van der Waals surface area contributed by atoms with Crippen molar-refractivity contribution in [2.45, 2.75) is 19.5 Å². The number of aromatic nitrogens is 2. The van der Waals surface area contributed by atoms with Crippen molar-refractivity contribution < 1.29 is 17.0 Å². The van der Waals surface area contributed by atoms with Crippen molar-refractivity contribution in [3.63, 3.8) is 0 Å². The average Bonchev–Trinajstić information content (AvgIpc) is 2.76. The topological polar surface area (TPSA) is 46.9 Å². The third-order valence-corrected chi connectivity index (χ3v) is 3.08. The summed E-state index contributed by atoms with van der Waals surface area (Å²) in [5.41, 5.74) is 7.76. The molecule has 0 spiro atoms. The molecule has 1 aromatic heterocycles. The first kappa shape index (κ1) is 22.3. The van der Waals surface area contributed by atoms with Gasteiger partial charge in [-0.2, -0.15) is 0 Å². The van der Waals surface area contributed by atoms with Gasteiger partial charge >= 0.3 is 0 Å². The van der Waals surface area contributed by atoms with E-state index in [0.717, 1.165) is 18.8 Å². The summed E-state index contributed by atoms with van der Waals surface area (Å²) in [6, 6.07) is 8.37. The predicted molar refractivity (Wildman–Crippen MR) is 87.4 cm³/mol. The fourth-order valence-corrected chi connectivity index (χ4v) is 1.95. The van der Waals surface area contributed by atoms with E-state index in [1.807, 2.05) is 29.9 Å². The van der Waals surface area contributed by atoms with Crippen molar-refractivity contribution in [1.82, 2.24) is 9.88 Å². The molecule has 2 aromatic rings. The quantitative estimate of drug-likeness (QED) is 0.540. The van der Waals surface area contributed by atoms with Gasteiger partial charge in [0.05, 0.1) is 7.05 Å². The summed E-state index contributed by atoms with van der Waals surface area (Å²) in [6.45, 7) is 4.08. The lowest BCUT2D eigenvalue weighted by Gasteiger charge is -2.13. The SMILES string of the molecule is CC(NCCn1cc[n+](C)c1)c1ccc(N)cc1.Cl.Cl.[Cl-]. The van der Waals surface area contributed by atoms with Crippen LogP contribution in [0.2, 0.25) is 0 Å². The first-order valence-electron chi connectivity index (χ1n) is 6.25. The molecule has 0 amide bonds. The first-order chi connectivity index (χ1) is 8.65. The molecule has 1 unspecified atom stereocenters. The Bertz CT molecular complexity index is 499. The second-order valence-corrected chi connectivity index (χ2v) is 4.66. The zero-order valence-corrected chi connectivity index (χ0v) is 14.6. The van der Waals surface area contributed by atoms with E-state index < -0.39 is 0 Å². The number of nitrogens with zero attached hydrogens (tertiary/aromatic N) is 2. The van der Waals surface area contributed by atoms with E-state index in [9.17, 15) is 0 Å². The van der Waals surface area contributed by atoms with Crippen LogP contribution in [-0.2, 0) is 13.6 Å². The van der Waals surface area contributed by atoms with E-state index in [0.29, 0.717) is 6.04 Å². The highest BCUT2D eigenvalue weighted by atomic mass is 35.5. The Morgan fingerprint density at radius 1 is 1.24 bits per heavy atom. The normalized spacial score (nSPS) is 10.8. The van der Waals surface area contributed by atoms with E-state index in [2.05, 4.69) is 41.5 Å². The maximum absolute atomic E-state index is 5.68. The predicted octanol–water partition coefficient (Wildman–Crippen LogP) is -0.907. The summed E-state index contributed by atoms with van der Waals surface area (Å²) >= 11 is 0. The highest BCUT2D eigenvalue weighted by Gasteiger charge is 2.05. The minimum absolute atomic E-state index is 0. The van der Waals surface area contributed by atoms with Gasteiger partial charge in [-0.1, -0.05) is 12.1 Å². The second kappa shape index (κ2) is 10.7. The Balaban J connectivity index is 0. The third-order valence-electron chi connectivity index (χ3n) is 3.08. The van der Waals surface area contributed by atoms with Gasteiger partial charge in [-0.25, -0.2) is 9.13 Å². The van der Waals surface area contributed by atoms with Crippen LogP contribution in [0.1, 0.15) is 18.5 Å². The third kappa shape index (κ3) is 7.05. The summed E-state index contributed by atoms with van der Waals surface area (Å²) in [5, 5.41) is 3.51. The molecule has 2 rings (SSSR count). The number of nitrogen functional groups attached to an aromatic ring is 1. The molecule has 120 valence electrons. The van der Waals surface area contributed by atoms with Crippen molar-refractivity contribution >= 4 is 30.5 Å². The smallest absolute Gasteiger partial charge is 0.243 e. The lowest BCUT2D eigenvalue weighted by molar-refractivity contribution is -0.671. The summed E-state index contributed by atoms with van der Waals surface area (Å²) in [6.07, 6.45) is 6.20. The monoisotopic (exact) mass is 352 g/mol. The minimum atomic E-state index is 0. The number of anilines is 1. The number of benzene rings is 1. The number of hydrogen-bond donors (Lipinski definition) is 2. The molecule has 0 aliphatic carbocycles. The van der Waals surface area contributed by atoms with Crippen LogP contribution in [0.4, 0.5) is 5.69 Å². The molecule has 3 N–H and O–H groups in total. The number of imidazole rings is 1.